The standard InChI is InChI=1S/C19H20ClN3O3S.Na/c1-22(2)9-4-8-21-19(26)23-14-7-6-12(20)11-13(14)16(18(23)25)17(24)15-5-3-10-27-15;/h3,5-7,10-11,24H,4,8-9H2,1-2H3,(H,21,26);. The van der Waals surface area contributed by atoms with Gasteiger partial charge in [-0.05, 0) is 56.7 Å². The van der Waals surface area contributed by atoms with E-state index in [4.69, 9.17) is 11.6 Å². The molecule has 0 saturated heterocycles. The summed E-state index contributed by atoms with van der Waals surface area (Å²) in [5.74, 6) is -0.718. The third-order valence-electron chi connectivity index (χ3n) is 4.14. The number of hydrogen-bond donors (Lipinski definition) is 2. The number of nitrogens with one attached hydrogen (secondary N) is 1. The van der Waals surface area contributed by atoms with E-state index < -0.39 is 11.9 Å². The van der Waals surface area contributed by atoms with E-state index >= 15 is 0 Å². The second-order valence-corrected chi connectivity index (χ2v) is 7.78. The fourth-order valence-electron chi connectivity index (χ4n) is 2.88. The predicted octanol–water partition coefficient (Wildman–Crippen LogP) is 3.45. The molecule has 0 aliphatic carbocycles. The molecular formula is C19H20ClN3NaO3S. The van der Waals surface area contributed by atoms with Crippen LogP contribution in [0.5, 0.6) is 0 Å². The van der Waals surface area contributed by atoms with Crippen molar-refractivity contribution in [2.45, 2.75) is 6.42 Å². The fraction of sp³-hybridized carbons (Fsp3) is 0.263. The number of carbonyl (C=O) groups is 2. The zero-order chi connectivity index (χ0) is 19.6. The normalized spacial score (nSPS) is 14.7. The molecule has 2 heterocycles. The first-order valence-electron chi connectivity index (χ1n) is 8.44. The molecule has 1 aliphatic heterocycles. The molecule has 3 rings (SSSR count). The van der Waals surface area contributed by atoms with Gasteiger partial charge in [0, 0.05) is 46.7 Å². The number of thiophene rings is 1. The Kier molecular flexibility index (Phi) is 8.12. The summed E-state index contributed by atoms with van der Waals surface area (Å²) in [5.41, 5.74) is 0.938. The first-order chi connectivity index (χ1) is 12.9. The van der Waals surface area contributed by atoms with Crippen LogP contribution in [-0.2, 0) is 4.79 Å². The summed E-state index contributed by atoms with van der Waals surface area (Å²) in [4.78, 5) is 29.3. The van der Waals surface area contributed by atoms with Crippen molar-refractivity contribution >= 4 is 81.5 Å². The molecule has 2 N–H and O–H groups in total. The quantitative estimate of drug-likeness (QED) is 0.331. The third kappa shape index (κ3) is 4.79. The molecule has 0 saturated carbocycles. The van der Waals surface area contributed by atoms with Gasteiger partial charge in [0.05, 0.1) is 16.1 Å². The minimum absolute atomic E-state index is 0. The van der Waals surface area contributed by atoms with E-state index in [-0.39, 0.29) is 40.9 Å². The Balaban J connectivity index is 0.00000280. The maximum atomic E-state index is 13.0. The molecule has 0 spiro atoms. The summed E-state index contributed by atoms with van der Waals surface area (Å²) in [6.07, 6.45) is 0.761. The number of imide groups is 1. The van der Waals surface area contributed by atoms with Crippen molar-refractivity contribution in [1.29, 1.82) is 0 Å². The van der Waals surface area contributed by atoms with Crippen LogP contribution in [0, 0.1) is 0 Å². The van der Waals surface area contributed by atoms with Gasteiger partial charge in [0.15, 0.2) is 0 Å². The first-order valence-corrected chi connectivity index (χ1v) is 9.70. The number of amides is 3. The van der Waals surface area contributed by atoms with Crippen LogP contribution in [0.4, 0.5) is 10.5 Å². The van der Waals surface area contributed by atoms with Gasteiger partial charge in [-0.15, -0.1) is 11.3 Å². The van der Waals surface area contributed by atoms with E-state index in [0.29, 0.717) is 27.7 Å². The van der Waals surface area contributed by atoms with Crippen molar-refractivity contribution < 1.29 is 14.7 Å². The molecule has 1 aromatic heterocycles. The van der Waals surface area contributed by atoms with E-state index in [2.05, 4.69) is 5.32 Å². The van der Waals surface area contributed by atoms with Crippen LogP contribution >= 0.6 is 22.9 Å². The largest absolute Gasteiger partial charge is 0.506 e. The number of aliphatic hydroxyl groups is 1. The van der Waals surface area contributed by atoms with Crippen molar-refractivity contribution in [3.63, 3.8) is 0 Å². The number of nitrogens with zero attached hydrogens (tertiary/aromatic N) is 2. The Hall–Kier alpha value is -1.35. The maximum Gasteiger partial charge on any atom is 0.329 e. The maximum absolute atomic E-state index is 13.0. The molecule has 0 atom stereocenters. The molecule has 3 amide bonds. The van der Waals surface area contributed by atoms with Crippen LogP contribution in [0.15, 0.2) is 35.7 Å². The zero-order valence-corrected chi connectivity index (χ0v) is 19.6. The van der Waals surface area contributed by atoms with Gasteiger partial charge in [0.2, 0.25) is 0 Å². The number of carbonyl (C=O) groups excluding carboxylic acids is 2. The zero-order valence-electron chi connectivity index (χ0n) is 16.0. The second kappa shape index (κ2) is 9.91. The Bertz CT molecular complexity index is 900. The molecule has 1 aromatic carbocycles. The summed E-state index contributed by atoms with van der Waals surface area (Å²) in [7, 11) is 3.91. The molecule has 0 bridgehead atoms. The smallest absolute Gasteiger partial charge is 0.329 e. The second-order valence-electron chi connectivity index (χ2n) is 6.39. The van der Waals surface area contributed by atoms with Gasteiger partial charge in [-0.2, -0.15) is 0 Å². The molecule has 2 aromatic rings. The molecular weight excluding hydrogens is 409 g/mol. The van der Waals surface area contributed by atoms with Crippen molar-refractivity contribution in [2.24, 2.45) is 0 Å². The number of halogens is 1. The van der Waals surface area contributed by atoms with Crippen LogP contribution < -0.4 is 10.2 Å². The summed E-state index contributed by atoms with van der Waals surface area (Å²) in [5, 5.41) is 15.6. The molecule has 28 heavy (non-hydrogen) atoms. The predicted molar refractivity (Wildman–Crippen MR) is 115 cm³/mol. The molecule has 143 valence electrons. The van der Waals surface area contributed by atoms with Gasteiger partial charge < -0.3 is 15.3 Å². The molecule has 0 unspecified atom stereocenters. The minimum Gasteiger partial charge on any atom is -0.506 e. The Morgan fingerprint density at radius 3 is 2.71 bits per heavy atom. The molecule has 6 nitrogen and oxygen atoms in total. The van der Waals surface area contributed by atoms with Gasteiger partial charge in [-0.25, -0.2) is 9.69 Å². The first kappa shape index (κ1) is 22.9. The van der Waals surface area contributed by atoms with E-state index in [0.717, 1.165) is 17.9 Å². The van der Waals surface area contributed by atoms with Gasteiger partial charge in [0.25, 0.3) is 5.91 Å². The van der Waals surface area contributed by atoms with E-state index in [9.17, 15) is 14.7 Å². The Labute approximate surface area is 195 Å². The van der Waals surface area contributed by atoms with Gasteiger partial charge in [-0.1, -0.05) is 17.7 Å². The summed E-state index contributed by atoms with van der Waals surface area (Å²) in [6.45, 7) is 1.27. The summed E-state index contributed by atoms with van der Waals surface area (Å²) >= 11 is 7.40. The van der Waals surface area contributed by atoms with Crippen LogP contribution in [0.2, 0.25) is 5.02 Å². The summed E-state index contributed by atoms with van der Waals surface area (Å²) < 4.78 is 0. The Morgan fingerprint density at radius 2 is 2.07 bits per heavy atom. The van der Waals surface area contributed by atoms with Gasteiger partial charge in [-0.3, -0.25) is 4.79 Å². The minimum atomic E-state index is -0.566. The molecule has 9 heteroatoms. The monoisotopic (exact) mass is 428 g/mol. The van der Waals surface area contributed by atoms with Crippen molar-refractivity contribution in [1.82, 2.24) is 10.2 Å². The average Bonchev–Trinajstić information content (AvgIpc) is 3.23. The van der Waals surface area contributed by atoms with Crippen LogP contribution in [0.25, 0.3) is 11.3 Å². The van der Waals surface area contributed by atoms with Crippen molar-refractivity contribution in [2.75, 3.05) is 32.1 Å². The number of urea groups is 1. The number of fused-ring (bicyclic) bond motifs is 1. The number of hydrogen-bond acceptors (Lipinski definition) is 5. The third-order valence-corrected chi connectivity index (χ3v) is 5.25. The number of aliphatic hydroxyl groups excluding tert-OH is 1. The molecule has 1 radical (unpaired) electrons. The average molecular weight is 429 g/mol. The Morgan fingerprint density at radius 1 is 1.32 bits per heavy atom. The van der Waals surface area contributed by atoms with E-state index in [1.54, 1.807) is 35.7 Å². The van der Waals surface area contributed by atoms with Crippen LogP contribution in [-0.4, -0.2) is 78.7 Å². The van der Waals surface area contributed by atoms with Crippen molar-refractivity contribution in [3.05, 3.63) is 51.2 Å². The fourth-order valence-corrected chi connectivity index (χ4v) is 3.72. The van der Waals surface area contributed by atoms with Gasteiger partial charge >= 0.3 is 6.03 Å². The molecule has 1 aliphatic rings. The number of benzene rings is 1. The van der Waals surface area contributed by atoms with E-state index in [1.165, 1.54) is 11.3 Å². The topological polar surface area (TPSA) is 72.9 Å². The SMILES string of the molecule is CN(C)CCCNC(=O)N1C(=O)C(=C(O)c2cccs2)c2cc(Cl)ccc21.[Na]. The van der Waals surface area contributed by atoms with E-state index in [1.807, 2.05) is 19.0 Å². The number of rotatable bonds is 5. The van der Waals surface area contributed by atoms with Crippen molar-refractivity contribution in [3.8, 4) is 0 Å². The van der Waals surface area contributed by atoms with Crippen LogP contribution in [0.1, 0.15) is 16.9 Å². The van der Waals surface area contributed by atoms with Gasteiger partial charge in [0.1, 0.15) is 5.76 Å². The number of anilines is 1. The summed E-state index contributed by atoms with van der Waals surface area (Å²) in [6, 6.07) is 7.80. The molecule has 0 fully saturated rings. The van der Waals surface area contributed by atoms with Crippen LogP contribution in [0.3, 0.4) is 0 Å².